The van der Waals surface area contributed by atoms with E-state index in [-0.39, 0.29) is 0 Å². The van der Waals surface area contributed by atoms with E-state index >= 15 is 0 Å². The summed E-state index contributed by atoms with van der Waals surface area (Å²) in [4.78, 5) is 8.42. The van der Waals surface area contributed by atoms with Crippen molar-refractivity contribution in [1.29, 1.82) is 0 Å². The number of halogens is 2. The fourth-order valence-electron chi connectivity index (χ4n) is 1.58. The van der Waals surface area contributed by atoms with E-state index in [0.29, 0.717) is 28.2 Å². The van der Waals surface area contributed by atoms with Crippen LogP contribution < -0.4 is 10.6 Å². The topological polar surface area (TPSA) is 49.8 Å². The van der Waals surface area contributed by atoms with E-state index in [1.54, 1.807) is 18.5 Å². The molecule has 0 aliphatic rings. The van der Waals surface area contributed by atoms with E-state index in [2.05, 4.69) is 20.6 Å². The first-order valence-corrected chi connectivity index (χ1v) is 7.44. The van der Waals surface area contributed by atoms with Crippen LogP contribution in [0.15, 0.2) is 30.6 Å². The van der Waals surface area contributed by atoms with E-state index < -0.39 is 0 Å². The molecule has 0 saturated carbocycles. The molecule has 110 valence electrons. The molecule has 0 unspecified atom stereocenters. The van der Waals surface area contributed by atoms with Crippen LogP contribution in [-0.4, -0.2) is 15.1 Å². The molecule has 1 heterocycles. The maximum absolute atomic E-state index is 5.96. The monoisotopic (exact) mass is 340 g/mol. The van der Waals surface area contributed by atoms with Crippen molar-refractivity contribution < 1.29 is 0 Å². The molecule has 4 nitrogen and oxygen atoms in total. The van der Waals surface area contributed by atoms with Gasteiger partial charge >= 0.3 is 0 Å². The lowest BCUT2D eigenvalue weighted by molar-refractivity contribution is 0.808. The van der Waals surface area contributed by atoms with E-state index in [1.165, 1.54) is 0 Å². The maximum atomic E-state index is 5.96. The van der Waals surface area contributed by atoms with Crippen LogP contribution in [0.2, 0.25) is 10.0 Å². The largest absolute Gasteiger partial charge is 0.359 e. The molecule has 1 aromatic carbocycles. The van der Waals surface area contributed by atoms with Crippen LogP contribution in [0.3, 0.4) is 0 Å². The Morgan fingerprint density at radius 3 is 2.52 bits per heavy atom. The Kier molecular flexibility index (Phi) is 5.73. The van der Waals surface area contributed by atoms with Crippen molar-refractivity contribution in [3.8, 4) is 0 Å². The van der Waals surface area contributed by atoms with Gasteiger partial charge in [-0.3, -0.25) is 9.97 Å². The van der Waals surface area contributed by atoms with Gasteiger partial charge in [0, 0.05) is 12.7 Å². The summed E-state index contributed by atoms with van der Waals surface area (Å²) >= 11 is 17.0. The summed E-state index contributed by atoms with van der Waals surface area (Å²) in [6.07, 6.45) is 3.45. The van der Waals surface area contributed by atoms with Crippen molar-refractivity contribution in [2.24, 2.45) is 0 Å². The van der Waals surface area contributed by atoms with Gasteiger partial charge in [-0.2, -0.15) is 0 Å². The molecule has 2 rings (SSSR count). The molecule has 0 amide bonds. The summed E-state index contributed by atoms with van der Waals surface area (Å²) in [7, 11) is 0. The van der Waals surface area contributed by atoms with Crippen LogP contribution in [-0.2, 0) is 13.1 Å². The highest BCUT2D eigenvalue weighted by atomic mass is 35.5. The molecule has 21 heavy (non-hydrogen) atoms. The van der Waals surface area contributed by atoms with Crippen LogP contribution in [0.5, 0.6) is 0 Å². The summed E-state index contributed by atoms with van der Waals surface area (Å²) in [5.41, 5.74) is 2.72. The van der Waals surface area contributed by atoms with Crippen molar-refractivity contribution in [2.45, 2.75) is 20.0 Å². The highest BCUT2D eigenvalue weighted by molar-refractivity contribution is 7.80. The molecule has 2 aromatic rings. The summed E-state index contributed by atoms with van der Waals surface area (Å²) < 4.78 is 0. The molecule has 7 heteroatoms. The number of hydrogen-bond donors (Lipinski definition) is 2. The second kappa shape index (κ2) is 7.54. The van der Waals surface area contributed by atoms with Gasteiger partial charge in [0.25, 0.3) is 0 Å². The minimum Gasteiger partial charge on any atom is -0.359 e. The highest BCUT2D eigenvalue weighted by Gasteiger charge is 2.01. The molecule has 0 bridgehead atoms. The average Bonchev–Trinajstić information content (AvgIpc) is 2.48. The van der Waals surface area contributed by atoms with Gasteiger partial charge in [0.2, 0.25) is 0 Å². The molecule has 0 fully saturated rings. The van der Waals surface area contributed by atoms with Gasteiger partial charge in [-0.25, -0.2) is 0 Å². The number of hydrogen-bond acceptors (Lipinski definition) is 3. The summed E-state index contributed by atoms with van der Waals surface area (Å²) in [5.74, 6) is 0. The minimum atomic E-state index is 0.528. The normalized spacial score (nSPS) is 10.2. The third kappa shape index (κ3) is 5.12. The smallest absolute Gasteiger partial charge is 0.166 e. The average molecular weight is 341 g/mol. The predicted octanol–water partition coefficient (Wildman–Crippen LogP) is 3.26. The van der Waals surface area contributed by atoms with Crippen molar-refractivity contribution in [1.82, 2.24) is 20.6 Å². The third-order valence-electron chi connectivity index (χ3n) is 2.70. The van der Waals surface area contributed by atoms with E-state index in [4.69, 9.17) is 35.4 Å². The minimum absolute atomic E-state index is 0.528. The standard InChI is InChI=1S/C14H14Cl2N4S/c1-9-5-18-11(7-17-9)8-20-14(21)19-6-10-2-3-12(15)13(16)4-10/h2-5,7H,6,8H2,1H3,(H2,19,20,21). The fraction of sp³-hybridized carbons (Fsp3) is 0.214. The zero-order valence-electron chi connectivity index (χ0n) is 11.4. The molecule has 0 saturated heterocycles. The number of benzene rings is 1. The summed E-state index contributed by atoms with van der Waals surface area (Å²) in [6.45, 7) is 3.00. The zero-order valence-corrected chi connectivity index (χ0v) is 13.7. The van der Waals surface area contributed by atoms with E-state index in [0.717, 1.165) is 17.0 Å². The van der Waals surface area contributed by atoms with E-state index in [1.807, 2.05) is 19.1 Å². The van der Waals surface area contributed by atoms with Gasteiger partial charge in [0.1, 0.15) is 0 Å². The number of nitrogens with one attached hydrogen (secondary N) is 2. The Morgan fingerprint density at radius 2 is 1.86 bits per heavy atom. The molecule has 0 aliphatic carbocycles. The molecule has 0 atom stereocenters. The fourth-order valence-corrected chi connectivity index (χ4v) is 2.04. The molecule has 1 aromatic heterocycles. The second-order valence-corrected chi connectivity index (χ2v) is 5.66. The Labute approximate surface area is 138 Å². The van der Waals surface area contributed by atoms with Crippen LogP contribution in [0.4, 0.5) is 0 Å². The first kappa shape index (κ1) is 15.9. The lowest BCUT2D eigenvalue weighted by atomic mass is 10.2. The highest BCUT2D eigenvalue weighted by Crippen LogP contribution is 2.22. The number of rotatable bonds is 4. The van der Waals surface area contributed by atoms with Gasteiger partial charge in [-0.1, -0.05) is 29.3 Å². The van der Waals surface area contributed by atoms with Crippen LogP contribution in [0.1, 0.15) is 17.0 Å². The predicted molar refractivity (Wildman–Crippen MR) is 89.5 cm³/mol. The van der Waals surface area contributed by atoms with E-state index in [9.17, 15) is 0 Å². The first-order chi connectivity index (χ1) is 10.0. The molecular formula is C14H14Cl2N4S. The molecule has 0 aliphatic heterocycles. The summed E-state index contributed by atoms with van der Waals surface area (Å²) in [5, 5.41) is 7.79. The zero-order chi connectivity index (χ0) is 15.2. The number of nitrogens with zero attached hydrogens (tertiary/aromatic N) is 2. The lowest BCUT2D eigenvalue weighted by Crippen LogP contribution is -2.34. The Hall–Kier alpha value is -1.43. The number of aromatic nitrogens is 2. The van der Waals surface area contributed by atoms with Crippen molar-refractivity contribution in [2.75, 3.05) is 0 Å². The molecular weight excluding hydrogens is 327 g/mol. The van der Waals surface area contributed by atoms with Gasteiger partial charge in [-0.05, 0) is 36.8 Å². The summed E-state index contributed by atoms with van der Waals surface area (Å²) in [6, 6.07) is 5.47. The Balaban J connectivity index is 1.79. The van der Waals surface area contributed by atoms with Gasteiger partial charge in [0.05, 0.1) is 34.2 Å². The third-order valence-corrected chi connectivity index (χ3v) is 3.73. The lowest BCUT2D eigenvalue weighted by Gasteiger charge is -2.10. The van der Waals surface area contributed by atoms with Crippen molar-refractivity contribution >= 4 is 40.5 Å². The Morgan fingerprint density at radius 1 is 1.10 bits per heavy atom. The van der Waals surface area contributed by atoms with Gasteiger partial charge < -0.3 is 10.6 Å². The molecule has 2 N–H and O–H groups in total. The Bertz CT molecular complexity index is 631. The van der Waals surface area contributed by atoms with Crippen molar-refractivity contribution in [3.05, 3.63) is 57.6 Å². The van der Waals surface area contributed by atoms with Gasteiger partial charge in [-0.15, -0.1) is 0 Å². The number of aryl methyl sites for hydroxylation is 1. The SMILES string of the molecule is Cc1cnc(CNC(=S)NCc2ccc(Cl)c(Cl)c2)cn1. The maximum Gasteiger partial charge on any atom is 0.166 e. The quantitative estimate of drug-likeness (QED) is 0.836. The molecule has 0 spiro atoms. The second-order valence-electron chi connectivity index (χ2n) is 4.43. The number of thiocarbonyl (C=S) groups is 1. The molecule has 0 radical (unpaired) electrons. The van der Waals surface area contributed by atoms with Crippen LogP contribution in [0, 0.1) is 6.92 Å². The first-order valence-electron chi connectivity index (χ1n) is 6.28. The van der Waals surface area contributed by atoms with Crippen molar-refractivity contribution in [3.63, 3.8) is 0 Å². The van der Waals surface area contributed by atoms with Crippen LogP contribution >= 0.6 is 35.4 Å². The van der Waals surface area contributed by atoms with Crippen LogP contribution in [0.25, 0.3) is 0 Å². The van der Waals surface area contributed by atoms with Gasteiger partial charge in [0.15, 0.2) is 5.11 Å².